The maximum absolute atomic E-state index is 13.7. The summed E-state index contributed by atoms with van der Waals surface area (Å²) in [5.74, 6) is -0.121. The number of nitrogen functional groups attached to an aromatic ring is 1. The maximum Gasteiger partial charge on any atom is 0.519 e. The molecule has 14 heteroatoms. The fourth-order valence-electron chi connectivity index (χ4n) is 4.52. The lowest BCUT2D eigenvalue weighted by atomic mass is 10.0. The predicted molar refractivity (Wildman–Crippen MR) is 140 cm³/mol. The molecule has 3 N–H and O–H groups in total. The van der Waals surface area contributed by atoms with Gasteiger partial charge in [0.15, 0.2) is 22.7 Å². The number of aromatic nitrogens is 4. The lowest BCUT2D eigenvalue weighted by Crippen LogP contribution is -2.13. The number of rotatable bonds is 12. The van der Waals surface area contributed by atoms with Crippen molar-refractivity contribution < 1.29 is 27.2 Å². The van der Waals surface area contributed by atoms with Crippen molar-refractivity contribution in [2.75, 3.05) is 18.7 Å². The minimum atomic E-state index is -3.82. The zero-order chi connectivity index (χ0) is 27.4. The molecule has 0 saturated heterocycles. The van der Waals surface area contributed by atoms with E-state index in [4.69, 9.17) is 28.4 Å². The summed E-state index contributed by atoms with van der Waals surface area (Å²) in [6.07, 6.45) is 4.93. The molecule has 0 aliphatic heterocycles. The van der Waals surface area contributed by atoms with Crippen molar-refractivity contribution in [1.82, 2.24) is 19.5 Å². The van der Waals surface area contributed by atoms with Crippen molar-refractivity contribution in [3.63, 3.8) is 0 Å². The van der Waals surface area contributed by atoms with E-state index in [9.17, 15) is 14.2 Å². The van der Waals surface area contributed by atoms with Crippen LogP contribution in [-0.2, 0) is 38.1 Å². The smallest absolute Gasteiger partial charge is 0.395 e. The largest absolute Gasteiger partial charge is 0.519 e. The third-order valence-corrected chi connectivity index (χ3v) is 8.10. The van der Waals surface area contributed by atoms with Gasteiger partial charge in [0.2, 0.25) is 5.95 Å². The van der Waals surface area contributed by atoms with E-state index < -0.39 is 19.0 Å². The van der Waals surface area contributed by atoms with Crippen molar-refractivity contribution in [1.29, 1.82) is 0 Å². The Labute approximate surface area is 222 Å². The van der Waals surface area contributed by atoms with Crippen molar-refractivity contribution in [3.05, 3.63) is 74.2 Å². The SMILES string of the molecule is Cc1ccc(COP(=O)(COCCn2cnc3c(=O)[nH]c(N)nc32)OCc2oc(=O)oc2C2CCCC2)cc1. The number of benzene rings is 1. The third kappa shape index (κ3) is 6.56. The quantitative estimate of drug-likeness (QED) is 0.190. The Morgan fingerprint density at radius 3 is 2.64 bits per heavy atom. The Morgan fingerprint density at radius 2 is 1.87 bits per heavy atom. The van der Waals surface area contributed by atoms with E-state index in [1.165, 1.54) is 6.33 Å². The molecular formula is C25H30N5O8P. The normalized spacial score (nSPS) is 15.7. The number of anilines is 1. The molecule has 3 heterocycles. The second kappa shape index (κ2) is 11.7. The Bertz CT molecular complexity index is 1580. The molecule has 1 aromatic carbocycles. The van der Waals surface area contributed by atoms with Gasteiger partial charge in [-0.25, -0.2) is 9.78 Å². The molecule has 0 radical (unpaired) electrons. The summed E-state index contributed by atoms with van der Waals surface area (Å²) in [7, 11) is -3.82. The first kappa shape index (κ1) is 27.1. The van der Waals surface area contributed by atoms with Crippen LogP contribution in [0.2, 0.25) is 0 Å². The van der Waals surface area contributed by atoms with Crippen LogP contribution in [0.1, 0.15) is 54.2 Å². The summed E-state index contributed by atoms with van der Waals surface area (Å²) in [5, 5.41) is 0. The second-order valence-corrected chi connectivity index (χ2v) is 11.5. The van der Waals surface area contributed by atoms with Gasteiger partial charge in [-0.05, 0) is 25.3 Å². The summed E-state index contributed by atoms with van der Waals surface area (Å²) in [6, 6.07) is 7.60. The molecular weight excluding hydrogens is 529 g/mol. The summed E-state index contributed by atoms with van der Waals surface area (Å²) in [4.78, 5) is 34.4. The van der Waals surface area contributed by atoms with Crippen LogP contribution in [0.25, 0.3) is 11.2 Å². The number of aromatic amines is 1. The molecule has 1 aliphatic rings. The number of ether oxygens (including phenoxy) is 1. The first-order valence-electron chi connectivity index (χ1n) is 12.6. The Balaban J connectivity index is 1.26. The minimum Gasteiger partial charge on any atom is -0.395 e. The molecule has 39 heavy (non-hydrogen) atoms. The van der Waals surface area contributed by atoms with Crippen molar-refractivity contribution in [2.45, 2.75) is 58.3 Å². The highest BCUT2D eigenvalue weighted by Crippen LogP contribution is 2.50. The monoisotopic (exact) mass is 559 g/mol. The van der Waals surface area contributed by atoms with Gasteiger partial charge in [-0.15, -0.1) is 0 Å². The topological polar surface area (TPSA) is 178 Å². The molecule has 1 unspecified atom stereocenters. The van der Waals surface area contributed by atoms with Gasteiger partial charge in [-0.1, -0.05) is 42.7 Å². The third-order valence-electron chi connectivity index (χ3n) is 6.56. The molecule has 13 nitrogen and oxygen atoms in total. The Kier molecular flexibility index (Phi) is 8.12. The van der Waals surface area contributed by atoms with Gasteiger partial charge in [-0.2, -0.15) is 4.98 Å². The molecule has 0 spiro atoms. The fraction of sp³-hybridized carbons (Fsp3) is 0.440. The number of fused-ring (bicyclic) bond motifs is 1. The zero-order valence-electron chi connectivity index (χ0n) is 21.5. The van der Waals surface area contributed by atoms with Gasteiger partial charge in [0.05, 0.1) is 19.5 Å². The number of nitrogens with two attached hydrogens (primary N) is 1. The molecule has 208 valence electrons. The maximum atomic E-state index is 13.7. The minimum absolute atomic E-state index is 0.0274. The number of aryl methyl sites for hydroxylation is 1. The Morgan fingerprint density at radius 1 is 1.13 bits per heavy atom. The average molecular weight is 560 g/mol. The summed E-state index contributed by atoms with van der Waals surface area (Å²) in [5.41, 5.74) is 7.56. The molecule has 1 fully saturated rings. The number of nitrogens with one attached hydrogen (secondary N) is 1. The number of nitrogens with zero attached hydrogens (tertiary/aromatic N) is 3. The summed E-state index contributed by atoms with van der Waals surface area (Å²) >= 11 is 0. The second-order valence-electron chi connectivity index (χ2n) is 9.47. The lowest BCUT2D eigenvalue weighted by molar-refractivity contribution is 0.114. The predicted octanol–water partition coefficient (Wildman–Crippen LogP) is 3.81. The first-order chi connectivity index (χ1) is 18.8. The van der Waals surface area contributed by atoms with Gasteiger partial charge in [-0.3, -0.25) is 18.9 Å². The van der Waals surface area contributed by atoms with E-state index in [0.717, 1.165) is 36.8 Å². The highest BCUT2D eigenvalue weighted by Gasteiger charge is 2.30. The molecule has 0 bridgehead atoms. The molecule has 5 rings (SSSR count). The van der Waals surface area contributed by atoms with Crippen molar-refractivity contribution >= 4 is 24.7 Å². The van der Waals surface area contributed by atoms with Crippen LogP contribution < -0.4 is 17.1 Å². The van der Waals surface area contributed by atoms with E-state index in [-0.39, 0.29) is 55.9 Å². The van der Waals surface area contributed by atoms with Crippen LogP contribution in [0.5, 0.6) is 0 Å². The van der Waals surface area contributed by atoms with Crippen LogP contribution in [0.3, 0.4) is 0 Å². The first-order valence-corrected chi connectivity index (χ1v) is 14.4. The number of hydrogen-bond acceptors (Lipinski definition) is 11. The van der Waals surface area contributed by atoms with E-state index in [1.807, 2.05) is 31.2 Å². The van der Waals surface area contributed by atoms with Crippen molar-refractivity contribution in [2.24, 2.45) is 0 Å². The highest BCUT2D eigenvalue weighted by molar-refractivity contribution is 7.53. The number of imidazole rings is 1. The van der Waals surface area contributed by atoms with Crippen LogP contribution in [0, 0.1) is 6.92 Å². The average Bonchev–Trinajstić information content (AvgIpc) is 3.66. The van der Waals surface area contributed by atoms with E-state index in [0.29, 0.717) is 11.4 Å². The zero-order valence-corrected chi connectivity index (χ0v) is 22.4. The highest BCUT2D eigenvalue weighted by atomic mass is 31.2. The van der Waals surface area contributed by atoms with Gasteiger partial charge < -0.3 is 28.4 Å². The van der Waals surface area contributed by atoms with Crippen LogP contribution in [-0.4, -0.2) is 32.5 Å². The lowest BCUT2D eigenvalue weighted by Gasteiger charge is -2.19. The van der Waals surface area contributed by atoms with Gasteiger partial charge in [0.25, 0.3) is 5.56 Å². The molecule has 1 saturated carbocycles. The fourth-order valence-corrected chi connectivity index (χ4v) is 5.75. The van der Waals surface area contributed by atoms with E-state index in [2.05, 4.69) is 15.0 Å². The summed E-state index contributed by atoms with van der Waals surface area (Å²) < 4.78 is 43.0. The van der Waals surface area contributed by atoms with Crippen LogP contribution >= 0.6 is 7.60 Å². The molecule has 1 atom stereocenters. The Hall–Kier alpha value is -3.51. The molecule has 3 aromatic heterocycles. The number of hydrogen-bond donors (Lipinski definition) is 2. The van der Waals surface area contributed by atoms with Crippen LogP contribution in [0.15, 0.2) is 49.0 Å². The molecule has 1 aliphatic carbocycles. The van der Waals surface area contributed by atoms with Gasteiger partial charge >= 0.3 is 13.4 Å². The molecule has 4 aromatic rings. The standard InChI is InChI=1S/C25H30N5O8P/c1-16-6-8-17(9-7-16)12-35-39(33,36-13-19-21(38-25(32)37-19)18-4-2-3-5-18)15-34-11-10-30-14-27-20-22(30)28-24(26)29-23(20)31/h6-9,14,18H,2-5,10-13,15H2,1H3,(H3,26,28,29,31). The van der Waals surface area contributed by atoms with Crippen LogP contribution in [0.4, 0.5) is 5.95 Å². The number of H-pyrrole nitrogens is 1. The molecule has 0 amide bonds. The van der Waals surface area contributed by atoms with Gasteiger partial charge in [0, 0.05) is 12.5 Å². The summed E-state index contributed by atoms with van der Waals surface area (Å²) in [6.45, 7) is 2.09. The van der Waals surface area contributed by atoms with Crippen molar-refractivity contribution in [3.8, 4) is 0 Å². The van der Waals surface area contributed by atoms with E-state index in [1.54, 1.807) is 4.57 Å². The van der Waals surface area contributed by atoms with E-state index >= 15 is 0 Å². The van der Waals surface area contributed by atoms with Gasteiger partial charge in [0.1, 0.15) is 13.0 Å².